The number of ether oxygens (including phenoxy) is 3. The first-order valence-corrected chi connectivity index (χ1v) is 4.93. The van der Waals surface area contributed by atoms with E-state index in [1.165, 1.54) is 0 Å². The van der Waals surface area contributed by atoms with Crippen LogP contribution in [0.2, 0.25) is 0 Å². The van der Waals surface area contributed by atoms with Gasteiger partial charge in [0.25, 0.3) is 0 Å². The zero-order valence-corrected chi connectivity index (χ0v) is 7.67. The Morgan fingerprint density at radius 2 is 1.92 bits per heavy atom. The van der Waals surface area contributed by atoms with Gasteiger partial charge in [-0.1, -0.05) is 0 Å². The van der Waals surface area contributed by atoms with Crippen LogP contribution in [0.3, 0.4) is 0 Å². The van der Waals surface area contributed by atoms with E-state index >= 15 is 0 Å². The third-order valence-electron chi connectivity index (χ3n) is 3.18. The van der Waals surface area contributed by atoms with E-state index in [2.05, 4.69) is 5.32 Å². The molecule has 3 saturated heterocycles. The second kappa shape index (κ2) is 2.67. The summed E-state index contributed by atoms with van der Waals surface area (Å²) in [6.45, 7) is 4.00. The summed E-state index contributed by atoms with van der Waals surface area (Å²) in [5, 5.41) is 3.38. The molecule has 0 aromatic carbocycles. The van der Waals surface area contributed by atoms with Gasteiger partial charge in [0.05, 0.1) is 25.4 Å². The number of hydrogen-bond acceptors (Lipinski definition) is 4. The van der Waals surface area contributed by atoms with Crippen molar-refractivity contribution in [1.29, 1.82) is 0 Å². The molecule has 1 N–H and O–H groups in total. The maximum Gasteiger partial charge on any atom is 0.167 e. The highest BCUT2D eigenvalue weighted by Crippen LogP contribution is 2.36. The topological polar surface area (TPSA) is 39.7 Å². The minimum atomic E-state index is -0.175. The molecule has 3 aliphatic rings. The van der Waals surface area contributed by atoms with Gasteiger partial charge >= 0.3 is 0 Å². The second-order valence-corrected chi connectivity index (χ2v) is 4.25. The fourth-order valence-corrected chi connectivity index (χ4v) is 2.33. The Kier molecular flexibility index (Phi) is 1.68. The molecular formula is C9H15NO3. The highest BCUT2D eigenvalue weighted by molar-refractivity contribution is 4.98. The van der Waals surface area contributed by atoms with Crippen molar-refractivity contribution in [3.63, 3.8) is 0 Å². The van der Waals surface area contributed by atoms with Crippen LogP contribution in [-0.4, -0.2) is 44.3 Å². The molecule has 1 atom stereocenters. The summed E-state index contributed by atoms with van der Waals surface area (Å²) >= 11 is 0. The maximum absolute atomic E-state index is 6.10. The quantitative estimate of drug-likeness (QED) is 0.571. The normalized spacial score (nSPS) is 42.5. The first-order valence-electron chi connectivity index (χ1n) is 4.93. The van der Waals surface area contributed by atoms with Crippen LogP contribution < -0.4 is 5.32 Å². The summed E-state index contributed by atoms with van der Waals surface area (Å²) in [6, 6.07) is 0. The smallest absolute Gasteiger partial charge is 0.167 e. The Balaban J connectivity index is 1.76. The van der Waals surface area contributed by atoms with Crippen LogP contribution in [0.15, 0.2) is 0 Å². The van der Waals surface area contributed by atoms with E-state index < -0.39 is 0 Å². The predicted molar refractivity (Wildman–Crippen MR) is 45.4 cm³/mol. The molecule has 3 fully saturated rings. The molecule has 74 valence electrons. The van der Waals surface area contributed by atoms with Crippen molar-refractivity contribution in [1.82, 2.24) is 5.32 Å². The van der Waals surface area contributed by atoms with Crippen LogP contribution in [0.1, 0.15) is 12.8 Å². The molecule has 3 aliphatic heterocycles. The van der Waals surface area contributed by atoms with E-state index in [1.54, 1.807) is 0 Å². The monoisotopic (exact) mass is 185 g/mol. The van der Waals surface area contributed by atoms with Gasteiger partial charge < -0.3 is 14.2 Å². The summed E-state index contributed by atoms with van der Waals surface area (Å²) in [5.41, 5.74) is -0.180. The summed E-state index contributed by atoms with van der Waals surface area (Å²) in [4.78, 5) is 0. The van der Waals surface area contributed by atoms with Gasteiger partial charge in [-0.3, -0.25) is 5.32 Å². The zero-order chi connectivity index (χ0) is 8.78. The Hall–Kier alpha value is -0.160. The van der Waals surface area contributed by atoms with Crippen molar-refractivity contribution in [2.24, 2.45) is 0 Å². The lowest BCUT2D eigenvalue weighted by Crippen LogP contribution is -2.69. The van der Waals surface area contributed by atoms with Gasteiger partial charge in [0, 0.05) is 19.6 Å². The average molecular weight is 185 g/mol. The maximum atomic E-state index is 6.10. The van der Waals surface area contributed by atoms with Gasteiger partial charge in [-0.15, -0.1) is 0 Å². The van der Waals surface area contributed by atoms with Gasteiger partial charge in [-0.25, -0.2) is 0 Å². The molecule has 4 heteroatoms. The molecule has 13 heavy (non-hydrogen) atoms. The van der Waals surface area contributed by atoms with E-state index in [9.17, 15) is 0 Å². The molecule has 0 aromatic rings. The number of nitrogens with one attached hydrogen (secondary N) is 1. The van der Waals surface area contributed by atoms with Crippen LogP contribution in [-0.2, 0) is 14.2 Å². The van der Waals surface area contributed by atoms with E-state index in [1.807, 2.05) is 0 Å². The lowest BCUT2D eigenvalue weighted by Gasteiger charge is -2.51. The van der Waals surface area contributed by atoms with Crippen LogP contribution in [0.25, 0.3) is 0 Å². The Bertz CT molecular complexity index is 209. The van der Waals surface area contributed by atoms with Crippen LogP contribution in [0.5, 0.6) is 0 Å². The molecule has 0 amide bonds. The summed E-state index contributed by atoms with van der Waals surface area (Å²) in [6.07, 6.45) is 2.10. The molecule has 4 nitrogen and oxygen atoms in total. The third kappa shape index (κ3) is 1.21. The third-order valence-corrected chi connectivity index (χ3v) is 3.18. The van der Waals surface area contributed by atoms with Crippen molar-refractivity contribution in [2.45, 2.75) is 24.2 Å². The van der Waals surface area contributed by atoms with Gasteiger partial charge in [0.2, 0.25) is 0 Å². The van der Waals surface area contributed by atoms with E-state index in [-0.39, 0.29) is 11.3 Å². The number of rotatable bonds is 0. The molecule has 0 radical (unpaired) electrons. The van der Waals surface area contributed by atoms with Gasteiger partial charge in [-0.2, -0.15) is 0 Å². The van der Waals surface area contributed by atoms with E-state index in [0.717, 1.165) is 32.6 Å². The first kappa shape index (κ1) is 8.17. The summed E-state index contributed by atoms with van der Waals surface area (Å²) < 4.78 is 16.7. The molecule has 0 aromatic heterocycles. The fraction of sp³-hybridized carbons (Fsp3) is 1.00. The van der Waals surface area contributed by atoms with Crippen molar-refractivity contribution in [3.05, 3.63) is 0 Å². The summed E-state index contributed by atoms with van der Waals surface area (Å²) in [5.74, 6) is 0. The molecule has 0 saturated carbocycles. The molecule has 3 heterocycles. The minimum Gasteiger partial charge on any atom is -0.378 e. The first-order chi connectivity index (χ1) is 6.33. The SMILES string of the molecule is C1CC2(CCOC2)OC2(COC2)N1. The van der Waals surface area contributed by atoms with E-state index in [0.29, 0.717) is 13.2 Å². The van der Waals surface area contributed by atoms with Crippen molar-refractivity contribution >= 4 is 0 Å². The van der Waals surface area contributed by atoms with Crippen molar-refractivity contribution in [2.75, 3.05) is 33.0 Å². The number of hydrogen-bond donors (Lipinski definition) is 1. The predicted octanol–water partition coefficient (Wildman–Crippen LogP) is -0.118. The van der Waals surface area contributed by atoms with Crippen molar-refractivity contribution < 1.29 is 14.2 Å². The van der Waals surface area contributed by atoms with Crippen LogP contribution in [0.4, 0.5) is 0 Å². The average Bonchev–Trinajstić information content (AvgIpc) is 2.51. The molecule has 2 spiro atoms. The molecule has 0 aliphatic carbocycles. The van der Waals surface area contributed by atoms with Gasteiger partial charge in [0.15, 0.2) is 5.72 Å². The molecule has 1 unspecified atom stereocenters. The largest absolute Gasteiger partial charge is 0.378 e. The van der Waals surface area contributed by atoms with E-state index in [4.69, 9.17) is 14.2 Å². The van der Waals surface area contributed by atoms with Crippen LogP contribution in [0, 0.1) is 0 Å². The van der Waals surface area contributed by atoms with Gasteiger partial charge in [0.1, 0.15) is 0 Å². The highest BCUT2D eigenvalue weighted by atomic mass is 16.6. The van der Waals surface area contributed by atoms with Crippen LogP contribution >= 0.6 is 0 Å². The molecular weight excluding hydrogens is 170 g/mol. The fourth-order valence-electron chi connectivity index (χ4n) is 2.33. The second-order valence-electron chi connectivity index (χ2n) is 4.25. The lowest BCUT2D eigenvalue weighted by molar-refractivity contribution is -0.292. The Morgan fingerprint density at radius 1 is 1.00 bits per heavy atom. The van der Waals surface area contributed by atoms with Crippen molar-refractivity contribution in [3.8, 4) is 0 Å². The zero-order valence-electron chi connectivity index (χ0n) is 7.67. The minimum absolute atomic E-state index is 0.00493. The Labute approximate surface area is 77.5 Å². The molecule has 0 bridgehead atoms. The summed E-state index contributed by atoms with van der Waals surface area (Å²) in [7, 11) is 0. The Morgan fingerprint density at radius 3 is 2.54 bits per heavy atom. The standard InChI is InChI=1S/C9H15NO3/c1-3-10-9(6-12-7-9)13-8(1)2-4-11-5-8/h10H,1-7H2. The molecule has 3 rings (SSSR count). The lowest BCUT2D eigenvalue weighted by atomic mass is 9.94. The highest BCUT2D eigenvalue weighted by Gasteiger charge is 2.51. The van der Waals surface area contributed by atoms with Gasteiger partial charge in [-0.05, 0) is 6.42 Å².